The highest BCUT2D eigenvalue weighted by atomic mass is 32.2. The fourth-order valence-corrected chi connectivity index (χ4v) is 4.36. The largest absolute Gasteiger partial charge is 0.306 e. The van der Waals surface area contributed by atoms with Crippen LogP contribution >= 0.6 is 11.8 Å². The fraction of sp³-hybridized carbons (Fsp3) is 0.625. The van der Waals surface area contributed by atoms with Crippen molar-refractivity contribution in [3.8, 4) is 0 Å². The van der Waals surface area contributed by atoms with Gasteiger partial charge in [-0.05, 0) is 24.0 Å². The van der Waals surface area contributed by atoms with Gasteiger partial charge in [-0.3, -0.25) is 0 Å². The van der Waals surface area contributed by atoms with E-state index in [1.54, 1.807) is 11.1 Å². The van der Waals surface area contributed by atoms with Crippen LogP contribution in [0, 0.1) is 0 Å². The quantitative estimate of drug-likeness (QED) is 0.797. The smallest absolute Gasteiger partial charge is 0.0417 e. The summed E-state index contributed by atoms with van der Waals surface area (Å²) >= 11 is 2.08. The molecular weight excluding hydrogens is 238 g/mol. The van der Waals surface area contributed by atoms with E-state index in [0.29, 0.717) is 6.04 Å². The molecule has 2 heteroatoms. The Kier molecular flexibility index (Phi) is 4.27. The Labute approximate surface area is 115 Å². The minimum atomic E-state index is 0.586. The van der Waals surface area contributed by atoms with Gasteiger partial charge in [0.1, 0.15) is 0 Å². The lowest BCUT2D eigenvalue weighted by Gasteiger charge is -2.30. The molecule has 1 heterocycles. The highest BCUT2D eigenvalue weighted by Gasteiger charge is 2.23. The minimum absolute atomic E-state index is 0.586. The van der Waals surface area contributed by atoms with Crippen LogP contribution in [0.15, 0.2) is 24.3 Å². The van der Waals surface area contributed by atoms with Crippen molar-refractivity contribution in [2.75, 3.05) is 5.75 Å². The van der Waals surface area contributed by atoms with E-state index in [-0.39, 0.29) is 0 Å². The third-order valence-corrected chi connectivity index (χ3v) is 5.35. The van der Waals surface area contributed by atoms with Crippen molar-refractivity contribution in [2.24, 2.45) is 0 Å². The molecule has 1 nitrogen and oxygen atoms in total. The van der Waals surface area contributed by atoms with Gasteiger partial charge in [0.05, 0.1) is 0 Å². The van der Waals surface area contributed by atoms with Gasteiger partial charge < -0.3 is 5.32 Å². The second kappa shape index (κ2) is 6.12. The van der Waals surface area contributed by atoms with Crippen molar-refractivity contribution < 1.29 is 0 Å². The lowest BCUT2D eigenvalue weighted by atomic mass is 9.99. The van der Waals surface area contributed by atoms with Crippen molar-refractivity contribution in [3.05, 3.63) is 35.4 Å². The van der Waals surface area contributed by atoms with Crippen LogP contribution in [-0.2, 0) is 5.75 Å². The molecule has 0 spiro atoms. The molecule has 1 N–H and O–H groups in total. The first-order valence-electron chi connectivity index (χ1n) is 7.35. The molecule has 98 valence electrons. The molecule has 1 saturated carbocycles. The monoisotopic (exact) mass is 261 g/mol. The highest BCUT2D eigenvalue weighted by molar-refractivity contribution is 7.98. The number of fused-ring (bicyclic) bond motifs is 1. The van der Waals surface area contributed by atoms with Crippen molar-refractivity contribution in [3.63, 3.8) is 0 Å². The van der Waals surface area contributed by atoms with E-state index < -0.39 is 0 Å². The summed E-state index contributed by atoms with van der Waals surface area (Å²) in [6.45, 7) is 0. The number of thioether (sulfide) groups is 1. The molecule has 0 radical (unpaired) electrons. The Balaban J connectivity index is 1.69. The zero-order chi connectivity index (χ0) is 12.2. The normalized spacial score (nSPS) is 25.4. The molecule has 2 aliphatic rings. The van der Waals surface area contributed by atoms with Gasteiger partial charge >= 0.3 is 0 Å². The second-order valence-electron chi connectivity index (χ2n) is 5.62. The molecule has 0 amide bonds. The number of hydrogen-bond donors (Lipinski definition) is 1. The van der Waals surface area contributed by atoms with Crippen molar-refractivity contribution in [1.82, 2.24) is 5.32 Å². The molecule has 1 aliphatic heterocycles. The molecule has 0 aromatic heterocycles. The average Bonchev–Trinajstić information content (AvgIpc) is 2.68. The van der Waals surface area contributed by atoms with E-state index in [1.807, 2.05) is 0 Å². The summed E-state index contributed by atoms with van der Waals surface area (Å²) in [5.41, 5.74) is 3.10. The number of nitrogens with one attached hydrogen (secondary N) is 1. The summed E-state index contributed by atoms with van der Waals surface area (Å²) in [5.74, 6) is 2.44. The van der Waals surface area contributed by atoms with Crippen LogP contribution in [-0.4, -0.2) is 11.8 Å². The minimum Gasteiger partial charge on any atom is -0.306 e. The summed E-state index contributed by atoms with van der Waals surface area (Å²) in [5, 5.41) is 3.93. The fourth-order valence-electron chi connectivity index (χ4n) is 3.25. The van der Waals surface area contributed by atoms with Gasteiger partial charge in [0.15, 0.2) is 0 Å². The number of rotatable bonds is 2. The van der Waals surface area contributed by atoms with E-state index in [0.717, 1.165) is 6.04 Å². The van der Waals surface area contributed by atoms with Gasteiger partial charge in [-0.1, -0.05) is 49.9 Å². The maximum atomic E-state index is 3.93. The summed E-state index contributed by atoms with van der Waals surface area (Å²) < 4.78 is 0. The highest BCUT2D eigenvalue weighted by Crippen LogP contribution is 2.32. The number of benzene rings is 1. The lowest BCUT2D eigenvalue weighted by Crippen LogP contribution is -2.35. The first kappa shape index (κ1) is 12.6. The zero-order valence-corrected chi connectivity index (χ0v) is 11.8. The molecule has 3 rings (SSSR count). The van der Waals surface area contributed by atoms with Gasteiger partial charge in [-0.15, -0.1) is 0 Å². The van der Waals surface area contributed by atoms with Crippen LogP contribution in [0.25, 0.3) is 0 Å². The van der Waals surface area contributed by atoms with Crippen LogP contribution in [0.2, 0.25) is 0 Å². The van der Waals surface area contributed by atoms with Crippen molar-refractivity contribution >= 4 is 11.8 Å². The molecule has 1 aromatic carbocycles. The Morgan fingerprint density at radius 2 is 1.78 bits per heavy atom. The zero-order valence-electron chi connectivity index (χ0n) is 11.0. The molecule has 1 atom stereocenters. The molecule has 1 unspecified atom stereocenters. The first-order chi connectivity index (χ1) is 8.93. The van der Waals surface area contributed by atoms with Crippen LogP contribution < -0.4 is 5.32 Å². The maximum Gasteiger partial charge on any atom is 0.0417 e. The topological polar surface area (TPSA) is 12.0 Å². The van der Waals surface area contributed by atoms with Crippen LogP contribution in [0.3, 0.4) is 0 Å². The van der Waals surface area contributed by atoms with Crippen molar-refractivity contribution in [2.45, 2.75) is 56.4 Å². The van der Waals surface area contributed by atoms with E-state index in [2.05, 4.69) is 41.3 Å². The van der Waals surface area contributed by atoms with E-state index in [9.17, 15) is 0 Å². The number of hydrogen-bond acceptors (Lipinski definition) is 2. The Hall–Kier alpha value is -0.470. The molecular formula is C16H23NS. The van der Waals surface area contributed by atoms with Gasteiger partial charge in [0.2, 0.25) is 0 Å². The summed E-state index contributed by atoms with van der Waals surface area (Å²) in [6.07, 6.45) is 8.47. The molecule has 1 aromatic rings. The second-order valence-corrected chi connectivity index (χ2v) is 6.65. The third-order valence-electron chi connectivity index (χ3n) is 4.26. The standard InChI is InChI=1S/C16H23NS/c1-2-4-9-14(8-3-1)17-16-12-18-11-13-7-5-6-10-15(13)16/h5-7,10,14,16-17H,1-4,8-9,11-12H2. The predicted octanol–water partition coefficient (Wildman–Crippen LogP) is 4.29. The van der Waals surface area contributed by atoms with E-state index >= 15 is 0 Å². The molecule has 0 bridgehead atoms. The summed E-state index contributed by atoms with van der Waals surface area (Å²) in [6, 6.07) is 10.3. The molecule has 1 aliphatic carbocycles. The predicted molar refractivity (Wildman–Crippen MR) is 80.0 cm³/mol. The van der Waals surface area contributed by atoms with Gasteiger partial charge in [0.25, 0.3) is 0 Å². The van der Waals surface area contributed by atoms with Crippen LogP contribution in [0.4, 0.5) is 0 Å². The Morgan fingerprint density at radius 3 is 2.61 bits per heavy atom. The molecule has 0 saturated heterocycles. The van der Waals surface area contributed by atoms with Crippen LogP contribution in [0.1, 0.15) is 55.7 Å². The third kappa shape index (κ3) is 2.92. The van der Waals surface area contributed by atoms with E-state index in [1.165, 1.54) is 50.0 Å². The first-order valence-corrected chi connectivity index (χ1v) is 8.50. The summed E-state index contributed by atoms with van der Waals surface area (Å²) in [4.78, 5) is 0. The molecule has 1 fully saturated rings. The van der Waals surface area contributed by atoms with Gasteiger partial charge in [-0.2, -0.15) is 11.8 Å². The molecule has 18 heavy (non-hydrogen) atoms. The van der Waals surface area contributed by atoms with Crippen molar-refractivity contribution in [1.29, 1.82) is 0 Å². The van der Waals surface area contributed by atoms with E-state index in [4.69, 9.17) is 0 Å². The van der Waals surface area contributed by atoms with Gasteiger partial charge in [0, 0.05) is 23.6 Å². The lowest BCUT2D eigenvalue weighted by molar-refractivity contribution is 0.415. The van der Waals surface area contributed by atoms with Crippen LogP contribution in [0.5, 0.6) is 0 Å². The Morgan fingerprint density at radius 1 is 1.00 bits per heavy atom. The average molecular weight is 261 g/mol. The summed E-state index contributed by atoms with van der Waals surface area (Å²) in [7, 11) is 0. The Bertz CT molecular complexity index is 382. The SMILES string of the molecule is c1ccc2c(c1)CSCC2NC1CCCCCC1. The maximum absolute atomic E-state index is 3.93. The van der Waals surface area contributed by atoms with Gasteiger partial charge in [-0.25, -0.2) is 0 Å².